The summed E-state index contributed by atoms with van der Waals surface area (Å²) in [6.45, 7) is 3.28. The fourth-order valence-electron chi connectivity index (χ4n) is 2.83. The van der Waals surface area contributed by atoms with Crippen molar-refractivity contribution in [1.82, 2.24) is 4.90 Å². The van der Waals surface area contributed by atoms with Gasteiger partial charge in [0.05, 0.1) is 0 Å². The van der Waals surface area contributed by atoms with Crippen LogP contribution in [-0.2, 0) is 0 Å². The standard InChI is InChI=1S/C19H22N2OS/c1-15-7-5-6-14-21(15)19(23)20-16-10-12-18(13-11-16)22-17-8-3-2-4-9-17/h2-4,8-13,15H,5-7,14H2,1H3,(H,20,23)/t15-/m1/s1. The van der Waals surface area contributed by atoms with Gasteiger partial charge in [-0.2, -0.15) is 0 Å². The lowest BCUT2D eigenvalue weighted by Gasteiger charge is -2.35. The number of benzene rings is 2. The van der Waals surface area contributed by atoms with Gasteiger partial charge >= 0.3 is 0 Å². The number of rotatable bonds is 3. The van der Waals surface area contributed by atoms with Crippen LogP contribution in [0.15, 0.2) is 54.6 Å². The molecule has 1 atom stereocenters. The van der Waals surface area contributed by atoms with E-state index in [-0.39, 0.29) is 0 Å². The molecule has 2 aromatic rings. The summed E-state index contributed by atoms with van der Waals surface area (Å²) in [4.78, 5) is 2.28. The van der Waals surface area contributed by atoms with Gasteiger partial charge in [0.1, 0.15) is 11.5 Å². The van der Waals surface area contributed by atoms with Crippen LogP contribution in [0.1, 0.15) is 26.2 Å². The lowest BCUT2D eigenvalue weighted by atomic mass is 10.0. The number of thiocarbonyl (C=S) groups is 1. The Morgan fingerprint density at radius 3 is 2.43 bits per heavy atom. The Balaban J connectivity index is 1.60. The molecule has 2 aromatic carbocycles. The summed E-state index contributed by atoms with van der Waals surface area (Å²) in [5, 5.41) is 4.15. The van der Waals surface area contributed by atoms with Crippen LogP contribution >= 0.6 is 12.2 Å². The number of piperidine rings is 1. The molecular formula is C19H22N2OS. The molecule has 1 fully saturated rings. The van der Waals surface area contributed by atoms with Crippen LogP contribution in [0, 0.1) is 0 Å². The highest BCUT2D eigenvalue weighted by Gasteiger charge is 2.20. The van der Waals surface area contributed by atoms with E-state index in [2.05, 4.69) is 17.1 Å². The van der Waals surface area contributed by atoms with Crippen molar-refractivity contribution in [1.29, 1.82) is 0 Å². The first-order valence-corrected chi connectivity index (χ1v) is 8.54. The summed E-state index contributed by atoms with van der Waals surface area (Å²) in [6.07, 6.45) is 3.73. The number of hydrogen-bond acceptors (Lipinski definition) is 2. The molecule has 0 aromatic heterocycles. The molecule has 4 heteroatoms. The molecule has 3 nitrogen and oxygen atoms in total. The lowest BCUT2D eigenvalue weighted by molar-refractivity contribution is 0.262. The third-order valence-corrected chi connectivity index (χ3v) is 4.48. The molecule has 3 rings (SSSR count). The summed E-state index contributed by atoms with van der Waals surface area (Å²) < 4.78 is 5.80. The van der Waals surface area contributed by atoms with Crippen molar-refractivity contribution >= 4 is 23.0 Å². The summed E-state index contributed by atoms with van der Waals surface area (Å²) in [5.74, 6) is 1.66. The minimum Gasteiger partial charge on any atom is -0.457 e. The molecule has 0 spiro atoms. The monoisotopic (exact) mass is 326 g/mol. The Morgan fingerprint density at radius 2 is 1.74 bits per heavy atom. The summed E-state index contributed by atoms with van der Waals surface area (Å²) >= 11 is 5.55. The van der Waals surface area contributed by atoms with Crippen molar-refractivity contribution in [2.24, 2.45) is 0 Å². The zero-order valence-corrected chi connectivity index (χ0v) is 14.2. The first-order chi connectivity index (χ1) is 11.2. The van der Waals surface area contributed by atoms with E-state index in [0.717, 1.165) is 28.8 Å². The topological polar surface area (TPSA) is 24.5 Å². The molecule has 0 aliphatic carbocycles. The number of ether oxygens (including phenoxy) is 1. The maximum absolute atomic E-state index is 5.80. The number of para-hydroxylation sites is 1. The lowest BCUT2D eigenvalue weighted by Crippen LogP contribution is -2.44. The number of hydrogen-bond donors (Lipinski definition) is 1. The Bertz CT molecular complexity index is 642. The van der Waals surface area contributed by atoms with Crippen LogP contribution in [0.25, 0.3) is 0 Å². The van der Waals surface area contributed by atoms with Gasteiger partial charge in [-0.15, -0.1) is 0 Å². The van der Waals surface area contributed by atoms with E-state index < -0.39 is 0 Å². The van der Waals surface area contributed by atoms with E-state index in [1.807, 2.05) is 54.6 Å². The van der Waals surface area contributed by atoms with Crippen LogP contribution in [0.5, 0.6) is 11.5 Å². The predicted molar refractivity (Wildman–Crippen MR) is 99.2 cm³/mol. The van der Waals surface area contributed by atoms with Gasteiger partial charge < -0.3 is 15.0 Å². The van der Waals surface area contributed by atoms with E-state index >= 15 is 0 Å². The Kier molecular flexibility index (Phi) is 5.13. The van der Waals surface area contributed by atoms with Gasteiger partial charge in [-0.05, 0) is 74.8 Å². The zero-order valence-electron chi connectivity index (χ0n) is 13.4. The Morgan fingerprint density at radius 1 is 1.04 bits per heavy atom. The largest absolute Gasteiger partial charge is 0.457 e. The molecule has 0 radical (unpaired) electrons. The van der Waals surface area contributed by atoms with Gasteiger partial charge in [0.15, 0.2) is 5.11 Å². The summed E-state index contributed by atoms with van der Waals surface area (Å²) in [6, 6.07) is 18.2. The van der Waals surface area contributed by atoms with Crippen LogP contribution in [0.3, 0.4) is 0 Å². The average molecular weight is 326 g/mol. The Hall–Kier alpha value is -2.07. The first kappa shape index (κ1) is 15.8. The molecule has 23 heavy (non-hydrogen) atoms. The number of nitrogens with one attached hydrogen (secondary N) is 1. The third-order valence-electron chi connectivity index (χ3n) is 4.15. The highest BCUT2D eigenvalue weighted by atomic mass is 32.1. The molecule has 0 unspecified atom stereocenters. The number of nitrogens with zero attached hydrogens (tertiary/aromatic N) is 1. The fourth-order valence-corrected chi connectivity index (χ4v) is 3.22. The van der Waals surface area contributed by atoms with Gasteiger partial charge in [0.25, 0.3) is 0 Å². The second kappa shape index (κ2) is 7.47. The molecule has 1 saturated heterocycles. The normalized spacial score (nSPS) is 17.6. The van der Waals surface area contributed by atoms with E-state index in [1.54, 1.807) is 0 Å². The maximum atomic E-state index is 5.80. The van der Waals surface area contributed by atoms with Crippen molar-refractivity contribution in [3.05, 3.63) is 54.6 Å². The quantitative estimate of drug-likeness (QED) is 0.798. The summed E-state index contributed by atoms with van der Waals surface area (Å²) in [5.41, 5.74) is 0.994. The second-order valence-electron chi connectivity index (χ2n) is 5.91. The minimum atomic E-state index is 0.518. The third kappa shape index (κ3) is 4.23. The molecule has 1 aliphatic rings. The number of anilines is 1. The van der Waals surface area contributed by atoms with Crippen molar-refractivity contribution in [2.75, 3.05) is 11.9 Å². The molecule has 1 aliphatic heterocycles. The maximum Gasteiger partial charge on any atom is 0.173 e. The van der Waals surface area contributed by atoms with Crippen molar-refractivity contribution in [3.8, 4) is 11.5 Å². The van der Waals surface area contributed by atoms with Gasteiger partial charge in [-0.25, -0.2) is 0 Å². The predicted octanol–water partition coefficient (Wildman–Crippen LogP) is 5.05. The Labute approximate surface area is 143 Å². The van der Waals surface area contributed by atoms with Crippen LogP contribution < -0.4 is 10.1 Å². The minimum absolute atomic E-state index is 0.518. The van der Waals surface area contributed by atoms with Crippen LogP contribution in [0.4, 0.5) is 5.69 Å². The van der Waals surface area contributed by atoms with E-state index in [1.165, 1.54) is 19.3 Å². The van der Waals surface area contributed by atoms with Crippen molar-refractivity contribution in [3.63, 3.8) is 0 Å². The van der Waals surface area contributed by atoms with Crippen LogP contribution in [-0.4, -0.2) is 22.6 Å². The molecular weight excluding hydrogens is 304 g/mol. The first-order valence-electron chi connectivity index (χ1n) is 8.13. The van der Waals surface area contributed by atoms with Gasteiger partial charge in [-0.3, -0.25) is 0 Å². The van der Waals surface area contributed by atoms with Gasteiger partial charge in [0.2, 0.25) is 0 Å². The zero-order chi connectivity index (χ0) is 16.1. The van der Waals surface area contributed by atoms with Gasteiger partial charge in [0, 0.05) is 18.3 Å². The van der Waals surface area contributed by atoms with Crippen molar-refractivity contribution < 1.29 is 4.74 Å². The summed E-state index contributed by atoms with van der Waals surface area (Å²) in [7, 11) is 0. The highest BCUT2D eigenvalue weighted by molar-refractivity contribution is 7.80. The van der Waals surface area contributed by atoms with Crippen molar-refractivity contribution in [2.45, 2.75) is 32.2 Å². The second-order valence-corrected chi connectivity index (χ2v) is 6.29. The van der Waals surface area contributed by atoms with Gasteiger partial charge in [-0.1, -0.05) is 18.2 Å². The molecule has 1 heterocycles. The van der Waals surface area contributed by atoms with E-state index in [9.17, 15) is 0 Å². The molecule has 1 N–H and O–H groups in total. The smallest absolute Gasteiger partial charge is 0.173 e. The highest BCUT2D eigenvalue weighted by Crippen LogP contribution is 2.23. The van der Waals surface area contributed by atoms with E-state index in [4.69, 9.17) is 17.0 Å². The fraction of sp³-hybridized carbons (Fsp3) is 0.316. The van der Waals surface area contributed by atoms with Crippen LogP contribution in [0.2, 0.25) is 0 Å². The molecule has 0 saturated carbocycles. The molecule has 120 valence electrons. The molecule has 0 amide bonds. The SMILES string of the molecule is C[C@@H]1CCCCN1C(=S)Nc1ccc(Oc2ccccc2)cc1. The van der Waals surface area contributed by atoms with E-state index in [0.29, 0.717) is 6.04 Å². The average Bonchev–Trinajstić information content (AvgIpc) is 2.58. The molecule has 0 bridgehead atoms. The number of likely N-dealkylation sites (tertiary alicyclic amines) is 1.